The van der Waals surface area contributed by atoms with Crippen molar-refractivity contribution in [3.05, 3.63) is 66.2 Å². The van der Waals surface area contributed by atoms with Crippen molar-refractivity contribution in [2.75, 3.05) is 11.9 Å². The summed E-state index contributed by atoms with van der Waals surface area (Å²) in [5.41, 5.74) is 6.42. The molecule has 27 heavy (non-hydrogen) atoms. The highest BCUT2D eigenvalue weighted by molar-refractivity contribution is 6.18. The number of benzene rings is 3. The van der Waals surface area contributed by atoms with Crippen molar-refractivity contribution < 1.29 is 9.90 Å². The number of pyridine rings is 1. The monoisotopic (exact) mass is 354 g/mol. The first-order chi connectivity index (χ1) is 13.1. The van der Waals surface area contributed by atoms with Crippen LogP contribution in [-0.4, -0.2) is 23.1 Å². The molecule has 4 aromatic rings. The standard InChI is InChI=1S/C23H18N2O2/c1-25-19-7-3-2-5-16(19)23-22-15(6-4-8-20(22)25)17-13-14(10-12-21(26)27)9-11-18(17)24-23/h2-9,11,13H,10,12H2,1H3,(H,26,27). The minimum Gasteiger partial charge on any atom is -0.481 e. The van der Waals surface area contributed by atoms with Crippen LogP contribution in [0.2, 0.25) is 0 Å². The normalized spacial score (nSPS) is 12.4. The zero-order valence-corrected chi connectivity index (χ0v) is 14.9. The third kappa shape index (κ3) is 2.37. The molecule has 4 nitrogen and oxygen atoms in total. The van der Waals surface area contributed by atoms with Gasteiger partial charge in [0.05, 0.1) is 22.6 Å². The molecular weight excluding hydrogens is 336 g/mol. The van der Waals surface area contributed by atoms with Crippen molar-refractivity contribution >= 4 is 39.0 Å². The highest BCUT2D eigenvalue weighted by Crippen LogP contribution is 2.47. The summed E-state index contributed by atoms with van der Waals surface area (Å²) < 4.78 is 0. The third-order valence-electron chi connectivity index (χ3n) is 5.37. The number of carboxylic acid groups (broad SMARTS) is 1. The molecule has 132 valence electrons. The van der Waals surface area contributed by atoms with Crippen molar-refractivity contribution in [1.29, 1.82) is 0 Å². The average Bonchev–Trinajstić information content (AvgIpc) is 2.70. The highest BCUT2D eigenvalue weighted by Gasteiger charge is 2.24. The lowest BCUT2D eigenvalue weighted by Crippen LogP contribution is -2.15. The SMILES string of the molecule is CN1c2ccccc2-c2nc3ccc(CCC(=O)O)cc3c3cccc1c23. The van der Waals surface area contributed by atoms with Gasteiger partial charge in [0.2, 0.25) is 0 Å². The van der Waals surface area contributed by atoms with Crippen LogP contribution in [-0.2, 0) is 11.2 Å². The second kappa shape index (κ2) is 5.81. The van der Waals surface area contributed by atoms with Crippen LogP contribution in [0.1, 0.15) is 12.0 Å². The van der Waals surface area contributed by atoms with Crippen LogP contribution in [0, 0.1) is 0 Å². The topological polar surface area (TPSA) is 53.4 Å². The zero-order chi connectivity index (χ0) is 18.5. The molecule has 0 atom stereocenters. The molecule has 0 spiro atoms. The molecule has 0 aliphatic carbocycles. The number of nitrogens with zero attached hydrogens (tertiary/aromatic N) is 2. The zero-order valence-electron chi connectivity index (χ0n) is 14.9. The molecular formula is C23H18N2O2. The summed E-state index contributed by atoms with van der Waals surface area (Å²) in [7, 11) is 2.09. The van der Waals surface area contributed by atoms with Gasteiger partial charge in [0.25, 0.3) is 0 Å². The van der Waals surface area contributed by atoms with E-state index in [1.165, 1.54) is 0 Å². The number of fused-ring (bicyclic) bond motifs is 4. The Hall–Kier alpha value is -3.40. The van der Waals surface area contributed by atoms with Crippen molar-refractivity contribution in [2.24, 2.45) is 0 Å². The number of para-hydroxylation sites is 1. The number of carboxylic acids is 1. The predicted molar refractivity (Wildman–Crippen MR) is 109 cm³/mol. The molecule has 0 saturated carbocycles. The number of anilines is 2. The number of hydrogen-bond donors (Lipinski definition) is 1. The van der Waals surface area contributed by atoms with E-state index >= 15 is 0 Å². The van der Waals surface area contributed by atoms with E-state index in [4.69, 9.17) is 10.1 Å². The number of aryl methyl sites for hydroxylation is 1. The minimum atomic E-state index is -0.775. The van der Waals surface area contributed by atoms with Gasteiger partial charge in [-0.25, -0.2) is 4.98 Å². The number of carbonyl (C=O) groups is 1. The van der Waals surface area contributed by atoms with Gasteiger partial charge in [0.1, 0.15) is 0 Å². The third-order valence-corrected chi connectivity index (χ3v) is 5.37. The molecule has 2 heterocycles. The molecule has 3 aromatic carbocycles. The molecule has 1 aromatic heterocycles. The van der Waals surface area contributed by atoms with Gasteiger partial charge in [0, 0.05) is 29.8 Å². The van der Waals surface area contributed by atoms with E-state index in [0.717, 1.165) is 49.9 Å². The first-order valence-electron chi connectivity index (χ1n) is 9.04. The number of aromatic nitrogens is 1. The largest absolute Gasteiger partial charge is 0.481 e. The Balaban J connectivity index is 1.82. The molecule has 0 unspecified atom stereocenters. The summed E-state index contributed by atoms with van der Waals surface area (Å²) in [6.45, 7) is 0. The van der Waals surface area contributed by atoms with Gasteiger partial charge in [-0.1, -0.05) is 36.4 Å². The van der Waals surface area contributed by atoms with Gasteiger partial charge >= 0.3 is 5.97 Å². The molecule has 5 rings (SSSR count). The Morgan fingerprint density at radius 2 is 1.81 bits per heavy atom. The van der Waals surface area contributed by atoms with Crippen LogP contribution in [0.5, 0.6) is 0 Å². The summed E-state index contributed by atoms with van der Waals surface area (Å²) in [6.07, 6.45) is 0.660. The fourth-order valence-corrected chi connectivity index (χ4v) is 4.06. The van der Waals surface area contributed by atoms with Gasteiger partial charge in [0.15, 0.2) is 0 Å². The second-order valence-electron chi connectivity index (χ2n) is 6.98. The van der Waals surface area contributed by atoms with Crippen LogP contribution in [0.4, 0.5) is 11.4 Å². The molecule has 1 N–H and O–H groups in total. The van der Waals surface area contributed by atoms with E-state index in [1.54, 1.807) is 0 Å². The summed E-state index contributed by atoms with van der Waals surface area (Å²) in [6, 6.07) is 20.8. The van der Waals surface area contributed by atoms with Gasteiger partial charge in [-0.05, 0) is 41.6 Å². The number of rotatable bonds is 3. The number of hydrogen-bond acceptors (Lipinski definition) is 3. The quantitative estimate of drug-likeness (QED) is 0.517. The molecule has 0 radical (unpaired) electrons. The van der Waals surface area contributed by atoms with E-state index in [0.29, 0.717) is 6.42 Å². The molecule has 0 saturated heterocycles. The lowest BCUT2D eigenvalue weighted by atomic mass is 9.93. The van der Waals surface area contributed by atoms with Gasteiger partial charge in [-0.3, -0.25) is 4.79 Å². The van der Waals surface area contributed by atoms with E-state index in [9.17, 15) is 4.79 Å². The summed E-state index contributed by atoms with van der Waals surface area (Å²) in [5.74, 6) is -0.775. The van der Waals surface area contributed by atoms with Crippen molar-refractivity contribution in [2.45, 2.75) is 12.8 Å². The molecule has 0 bridgehead atoms. The van der Waals surface area contributed by atoms with Crippen molar-refractivity contribution in [1.82, 2.24) is 4.98 Å². The van der Waals surface area contributed by atoms with Gasteiger partial charge in [-0.15, -0.1) is 0 Å². The number of aliphatic carboxylic acids is 1. The van der Waals surface area contributed by atoms with Crippen molar-refractivity contribution in [3.63, 3.8) is 0 Å². The van der Waals surface area contributed by atoms with Crippen molar-refractivity contribution in [3.8, 4) is 11.3 Å². The van der Waals surface area contributed by atoms with E-state index in [2.05, 4.69) is 54.4 Å². The average molecular weight is 354 g/mol. The summed E-state index contributed by atoms with van der Waals surface area (Å²) in [4.78, 5) is 18.1. The maximum Gasteiger partial charge on any atom is 0.303 e. The van der Waals surface area contributed by atoms with E-state index in [1.807, 2.05) is 18.2 Å². The first kappa shape index (κ1) is 15.8. The Morgan fingerprint density at radius 1 is 1.00 bits per heavy atom. The molecule has 0 amide bonds. The van der Waals surface area contributed by atoms with Gasteiger partial charge < -0.3 is 10.0 Å². The van der Waals surface area contributed by atoms with Crippen LogP contribution in [0.3, 0.4) is 0 Å². The Bertz CT molecular complexity index is 1230. The van der Waals surface area contributed by atoms with E-state index in [-0.39, 0.29) is 6.42 Å². The molecule has 1 aliphatic rings. The van der Waals surface area contributed by atoms with E-state index < -0.39 is 5.97 Å². The molecule has 0 fully saturated rings. The maximum atomic E-state index is 10.9. The van der Waals surface area contributed by atoms with Crippen LogP contribution in [0.15, 0.2) is 60.7 Å². The predicted octanol–water partition coefficient (Wildman–Crippen LogP) is 5.15. The lowest BCUT2D eigenvalue weighted by molar-refractivity contribution is -0.136. The lowest BCUT2D eigenvalue weighted by Gasteiger charge is -2.30. The molecule has 1 aliphatic heterocycles. The Labute approximate surface area is 156 Å². The maximum absolute atomic E-state index is 10.9. The first-order valence-corrected chi connectivity index (χ1v) is 9.04. The summed E-state index contributed by atoms with van der Waals surface area (Å²) in [5, 5.41) is 12.4. The minimum absolute atomic E-state index is 0.135. The molecule has 4 heteroatoms. The fourth-order valence-electron chi connectivity index (χ4n) is 4.06. The van der Waals surface area contributed by atoms with Crippen LogP contribution >= 0.6 is 0 Å². The fraction of sp³-hybridized carbons (Fsp3) is 0.130. The van der Waals surface area contributed by atoms with Crippen LogP contribution in [0.25, 0.3) is 32.9 Å². The van der Waals surface area contributed by atoms with Gasteiger partial charge in [-0.2, -0.15) is 0 Å². The van der Waals surface area contributed by atoms with Crippen LogP contribution < -0.4 is 4.90 Å². The smallest absolute Gasteiger partial charge is 0.303 e. The summed E-state index contributed by atoms with van der Waals surface area (Å²) >= 11 is 0. The second-order valence-corrected chi connectivity index (χ2v) is 6.98. The Morgan fingerprint density at radius 3 is 2.67 bits per heavy atom. The highest BCUT2D eigenvalue weighted by atomic mass is 16.4. The Kier molecular flexibility index (Phi) is 3.41.